The maximum atomic E-state index is 12.7. The van der Waals surface area contributed by atoms with E-state index < -0.39 is 6.10 Å². The number of hydrogen-bond donors (Lipinski definition) is 0. The second kappa shape index (κ2) is 47.8. The van der Waals surface area contributed by atoms with Gasteiger partial charge in [-0.3, -0.25) is 14.4 Å². The maximum Gasteiger partial charge on any atom is 0.306 e. The average Bonchev–Trinajstić information content (AvgIpc) is 3.23. The lowest BCUT2D eigenvalue weighted by molar-refractivity contribution is -0.167. The number of unbranched alkanes of at least 4 members (excludes halogenated alkanes) is 23. The molecule has 0 heterocycles. The van der Waals surface area contributed by atoms with Gasteiger partial charge >= 0.3 is 17.9 Å². The Morgan fingerprint density at radius 1 is 0.356 bits per heavy atom. The minimum absolute atomic E-state index is 0.0911. The predicted molar refractivity (Wildman–Crippen MR) is 251 cm³/mol. The van der Waals surface area contributed by atoms with Gasteiger partial charge in [-0.2, -0.15) is 0 Å². The number of rotatable bonds is 44. The van der Waals surface area contributed by atoms with E-state index in [0.29, 0.717) is 19.3 Å². The molecule has 6 heteroatoms. The molecule has 0 bridgehead atoms. The fourth-order valence-corrected chi connectivity index (χ4v) is 6.75. The first kappa shape index (κ1) is 56.1. The number of ether oxygens (including phenoxy) is 3. The second-order valence-corrected chi connectivity index (χ2v) is 16.3. The van der Waals surface area contributed by atoms with Crippen LogP contribution in [0.5, 0.6) is 0 Å². The zero-order chi connectivity index (χ0) is 43.0. The first-order chi connectivity index (χ1) is 29.0. The van der Waals surface area contributed by atoms with E-state index in [2.05, 4.69) is 81.5 Å². The number of hydrogen-bond acceptors (Lipinski definition) is 6. The second-order valence-electron chi connectivity index (χ2n) is 16.3. The molecule has 0 aliphatic heterocycles. The Morgan fingerprint density at radius 2 is 0.695 bits per heavy atom. The van der Waals surface area contributed by atoms with E-state index in [0.717, 1.165) is 103 Å². The molecule has 0 aromatic carbocycles. The van der Waals surface area contributed by atoms with Crippen LogP contribution in [-0.4, -0.2) is 37.2 Å². The summed E-state index contributed by atoms with van der Waals surface area (Å²) in [5, 5.41) is 0. The van der Waals surface area contributed by atoms with Gasteiger partial charge in [-0.05, 0) is 96.3 Å². The molecule has 340 valence electrons. The van der Waals surface area contributed by atoms with Gasteiger partial charge in [0.15, 0.2) is 6.10 Å². The Hall–Kier alpha value is -2.89. The van der Waals surface area contributed by atoms with Crippen LogP contribution in [0.15, 0.2) is 60.8 Å². The molecule has 0 aliphatic rings. The molecule has 0 spiro atoms. The van der Waals surface area contributed by atoms with Crippen LogP contribution in [0.1, 0.15) is 239 Å². The topological polar surface area (TPSA) is 78.9 Å². The van der Waals surface area contributed by atoms with E-state index in [4.69, 9.17) is 14.2 Å². The zero-order valence-electron chi connectivity index (χ0n) is 38.8. The molecule has 1 unspecified atom stereocenters. The third kappa shape index (κ3) is 46.0. The van der Waals surface area contributed by atoms with Gasteiger partial charge < -0.3 is 14.2 Å². The summed E-state index contributed by atoms with van der Waals surface area (Å²) in [6, 6.07) is 0. The summed E-state index contributed by atoms with van der Waals surface area (Å²) in [6.07, 6.45) is 57.8. The highest BCUT2D eigenvalue weighted by Crippen LogP contribution is 2.14. The Morgan fingerprint density at radius 3 is 1.14 bits per heavy atom. The summed E-state index contributed by atoms with van der Waals surface area (Å²) in [7, 11) is 0. The number of carbonyl (C=O) groups is 3. The minimum Gasteiger partial charge on any atom is -0.462 e. The summed E-state index contributed by atoms with van der Waals surface area (Å²) in [6.45, 7) is 6.42. The standard InChI is InChI=1S/C53H92O6/c1-4-7-10-13-16-19-22-24-25-26-27-28-30-31-34-37-40-43-46-52(55)58-49-50(48-57-51(54)45-42-39-36-33-21-18-15-12-9-6-3)59-53(56)47-44-41-38-35-32-29-23-20-17-14-11-8-5-2/h8,11-12,15,17,20,25-26,29,32,50H,4-7,9-10,13-14,16,18-19,21-24,27-28,30-31,33-49H2,1-3H3/b11-8-,15-12-,20-17-,26-25-,32-29-. The minimum atomic E-state index is -0.792. The van der Waals surface area contributed by atoms with Gasteiger partial charge in [0.25, 0.3) is 0 Å². The molecular weight excluding hydrogens is 733 g/mol. The van der Waals surface area contributed by atoms with Crippen molar-refractivity contribution in [2.24, 2.45) is 0 Å². The summed E-state index contributed by atoms with van der Waals surface area (Å²) >= 11 is 0. The van der Waals surface area contributed by atoms with Gasteiger partial charge in [-0.1, -0.05) is 184 Å². The van der Waals surface area contributed by atoms with Gasteiger partial charge in [-0.25, -0.2) is 0 Å². The van der Waals surface area contributed by atoms with Crippen LogP contribution in [0.4, 0.5) is 0 Å². The smallest absolute Gasteiger partial charge is 0.306 e. The van der Waals surface area contributed by atoms with Crippen LogP contribution in [0.25, 0.3) is 0 Å². The molecule has 6 nitrogen and oxygen atoms in total. The first-order valence-electron chi connectivity index (χ1n) is 24.8. The van der Waals surface area contributed by atoms with Crippen molar-refractivity contribution in [3.05, 3.63) is 60.8 Å². The Bertz CT molecular complexity index is 1090. The highest BCUT2D eigenvalue weighted by molar-refractivity contribution is 5.71. The average molecular weight is 825 g/mol. The van der Waals surface area contributed by atoms with E-state index in [1.807, 2.05) is 0 Å². The quantitative estimate of drug-likeness (QED) is 0.0263. The lowest BCUT2D eigenvalue weighted by Crippen LogP contribution is -2.30. The molecule has 0 aromatic rings. The van der Waals surface area contributed by atoms with Gasteiger partial charge in [0, 0.05) is 19.3 Å². The normalized spacial score (nSPS) is 12.5. The lowest BCUT2D eigenvalue weighted by atomic mass is 10.1. The molecule has 0 saturated heterocycles. The van der Waals surface area contributed by atoms with Crippen molar-refractivity contribution in [3.63, 3.8) is 0 Å². The summed E-state index contributed by atoms with van der Waals surface area (Å²) < 4.78 is 16.7. The van der Waals surface area contributed by atoms with Gasteiger partial charge in [-0.15, -0.1) is 0 Å². The van der Waals surface area contributed by atoms with Crippen molar-refractivity contribution in [1.82, 2.24) is 0 Å². The number of carbonyl (C=O) groups excluding carboxylic acids is 3. The van der Waals surface area contributed by atoms with Crippen molar-refractivity contribution in [3.8, 4) is 0 Å². The Balaban J connectivity index is 4.37. The first-order valence-corrected chi connectivity index (χ1v) is 24.8. The van der Waals surface area contributed by atoms with Crippen LogP contribution < -0.4 is 0 Å². The predicted octanol–water partition coefficient (Wildman–Crippen LogP) is 16.1. The van der Waals surface area contributed by atoms with Gasteiger partial charge in [0.1, 0.15) is 13.2 Å². The van der Waals surface area contributed by atoms with E-state index in [1.54, 1.807) is 0 Å². The van der Waals surface area contributed by atoms with Crippen LogP contribution >= 0.6 is 0 Å². The van der Waals surface area contributed by atoms with Gasteiger partial charge in [0.2, 0.25) is 0 Å². The maximum absolute atomic E-state index is 12.7. The van der Waals surface area contributed by atoms with Crippen molar-refractivity contribution in [2.75, 3.05) is 13.2 Å². The number of allylic oxidation sites excluding steroid dienone is 10. The fourth-order valence-electron chi connectivity index (χ4n) is 6.75. The molecule has 1 atom stereocenters. The lowest BCUT2D eigenvalue weighted by Gasteiger charge is -2.18. The van der Waals surface area contributed by atoms with Crippen molar-refractivity contribution >= 4 is 17.9 Å². The number of esters is 3. The van der Waals surface area contributed by atoms with Crippen molar-refractivity contribution < 1.29 is 28.6 Å². The Labute approximate surface area is 364 Å². The third-order valence-corrected chi connectivity index (χ3v) is 10.5. The van der Waals surface area contributed by atoms with Crippen LogP contribution in [0.2, 0.25) is 0 Å². The highest BCUT2D eigenvalue weighted by atomic mass is 16.6. The molecule has 0 rings (SSSR count). The molecule has 59 heavy (non-hydrogen) atoms. The van der Waals surface area contributed by atoms with Crippen molar-refractivity contribution in [1.29, 1.82) is 0 Å². The molecule has 0 N–H and O–H groups in total. The summed E-state index contributed by atoms with van der Waals surface area (Å²) in [5.74, 6) is -0.936. The van der Waals surface area contributed by atoms with Crippen LogP contribution in [0, 0.1) is 0 Å². The third-order valence-electron chi connectivity index (χ3n) is 10.5. The molecule has 0 fully saturated rings. The monoisotopic (exact) mass is 825 g/mol. The Kier molecular flexibility index (Phi) is 45.4. The van der Waals surface area contributed by atoms with E-state index >= 15 is 0 Å². The molecular formula is C53H92O6. The molecule has 0 radical (unpaired) electrons. The zero-order valence-corrected chi connectivity index (χ0v) is 38.8. The van der Waals surface area contributed by atoms with E-state index in [-0.39, 0.29) is 31.1 Å². The van der Waals surface area contributed by atoms with E-state index in [1.165, 1.54) is 96.3 Å². The summed E-state index contributed by atoms with van der Waals surface area (Å²) in [5.41, 5.74) is 0. The SMILES string of the molecule is CC/C=C\C/C=C\C/C=C\CCCCCC(=O)OC(COC(=O)CCCCCCC/C=C\CCC)COC(=O)CCCCCCCCC/C=C\CCCCCCCCC. The van der Waals surface area contributed by atoms with E-state index in [9.17, 15) is 14.4 Å². The molecule has 0 saturated carbocycles. The highest BCUT2D eigenvalue weighted by Gasteiger charge is 2.19. The molecule has 0 amide bonds. The largest absolute Gasteiger partial charge is 0.462 e. The fraction of sp³-hybridized carbons (Fsp3) is 0.755. The van der Waals surface area contributed by atoms with Crippen molar-refractivity contribution in [2.45, 2.75) is 245 Å². The molecule has 0 aliphatic carbocycles. The van der Waals surface area contributed by atoms with Gasteiger partial charge in [0.05, 0.1) is 0 Å². The summed E-state index contributed by atoms with van der Waals surface area (Å²) in [4.78, 5) is 37.8. The van der Waals surface area contributed by atoms with Crippen LogP contribution in [0.3, 0.4) is 0 Å². The molecule has 0 aromatic heterocycles. The van der Waals surface area contributed by atoms with Crippen LogP contribution in [-0.2, 0) is 28.6 Å².